The first kappa shape index (κ1) is 19.0. The second-order valence-corrected chi connectivity index (χ2v) is 7.18. The smallest absolute Gasteiger partial charge is 0.253 e. The van der Waals surface area contributed by atoms with Crippen LogP contribution in [0.25, 0.3) is 10.2 Å². The van der Waals surface area contributed by atoms with E-state index in [9.17, 15) is 9.59 Å². The van der Waals surface area contributed by atoms with Crippen LogP contribution in [0, 0.1) is 0 Å². The van der Waals surface area contributed by atoms with Crippen LogP contribution < -0.4 is 16.4 Å². The summed E-state index contributed by atoms with van der Waals surface area (Å²) in [5, 5.41) is 6.58. The van der Waals surface area contributed by atoms with E-state index in [0.717, 1.165) is 21.6 Å². The minimum absolute atomic E-state index is 0.116. The molecule has 2 amide bonds. The summed E-state index contributed by atoms with van der Waals surface area (Å²) in [4.78, 5) is 29.0. The second kappa shape index (κ2) is 9.25. The molecule has 3 aromatic rings. The van der Waals surface area contributed by atoms with Gasteiger partial charge in [0.25, 0.3) is 5.91 Å². The molecule has 0 fully saturated rings. The van der Waals surface area contributed by atoms with Crippen molar-refractivity contribution in [1.82, 2.24) is 10.3 Å². The van der Waals surface area contributed by atoms with Crippen LogP contribution in [-0.4, -0.2) is 29.9 Å². The van der Waals surface area contributed by atoms with Gasteiger partial charge in [-0.15, -0.1) is 11.3 Å². The van der Waals surface area contributed by atoms with Crippen LogP contribution in [0.15, 0.2) is 48.5 Å². The zero-order chi connectivity index (χ0) is 19.1. The fourth-order valence-electron chi connectivity index (χ4n) is 2.71. The SMILES string of the molecule is NCCNC(=O)c1ccccc1NC(=O)CCCc1nc2ccccc2s1. The highest BCUT2D eigenvalue weighted by Crippen LogP contribution is 2.23. The normalized spacial score (nSPS) is 10.7. The highest BCUT2D eigenvalue weighted by Gasteiger charge is 2.13. The number of para-hydroxylation sites is 2. The number of aryl methyl sites for hydroxylation is 1. The number of fused-ring (bicyclic) bond motifs is 1. The molecule has 0 aliphatic carbocycles. The lowest BCUT2D eigenvalue weighted by molar-refractivity contribution is -0.116. The molecule has 4 N–H and O–H groups in total. The number of thiazole rings is 1. The van der Waals surface area contributed by atoms with E-state index in [4.69, 9.17) is 5.73 Å². The van der Waals surface area contributed by atoms with Crippen LogP contribution in [0.5, 0.6) is 0 Å². The minimum atomic E-state index is -0.245. The first-order chi connectivity index (χ1) is 13.2. The predicted octanol–water partition coefficient (Wildman–Crippen LogP) is 2.95. The zero-order valence-corrected chi connectivity index (χ0v) is 15.7. The molecule has 0 aliphatic heterocycles. The van der Waals surface area contributed by atoms with Gasteiger partial charge in [-0.2, -0.15) is 0 Å². The molecule has 140 valence electrons. The number of carbonyl (C=O) groups excluding carboxylic acids is 2. The summed E-state index contributed by atoms with van der Waals surface area (Å²) in [6.45, 7) is 0.759. The third-order valence-corrected chi connectivity index (χ3v) is 5.10. The van der Waals surface area contributed by atoms with Gasteiger partial charge in [0, 0.05) is 19.5 Å². The standard InChI is InChI=1S/C20H22N4O2S/c21-12-13-22-20(26)14-6-1-2-7-15(14)23-18(25)10-5-11-19-24-16-8-3-4-9-17(16)27-19/h1-4,6-9H,5,10-13,21H2,(H,22,26)(H,23,25). The molecule has 0 atom stereocenters. The molecule has 0 spiro atoms. The molecule has 0 radical (unpaired) electrons. The van der Waals surface area contributed by atoms with Crippen LogP contribution in [0.2, 0.25) is 0 Å². The van der Waals surface area contributed by atoms with Gasteiger partial charge in [-0.25, -0.2) is 4.98 Å². The van der Waals surface area contributed by atoms with Gasteiger partial charge < -0.3 is 16.4 Å². The van der Waals surface area contributed by atoms with Gasteiger partial charge in [-0.05, 0) is 37.1 Å². The molecule has 6 nitrogen and oxygen atoms in total. The van der Waals surface area contributed by atoms with Gasteiger partial charge in [0.2, 0.25) is 5.91 Å². The maximum atomic E-state index is 12.3. The van der Waals surface area contributed by atoms with Gasteiger partial charge in [0.1, 0.15) is 0 Å². The van der Waals surface area contributed by atoms with Gasteiger partial charge in [0.15, 0.2) is 0 Å². The molecule has 3 rings (SSSR count). The number of aromatic nitrogens is 1. The Labute approximate surface area is 161 Å². The van der Waals surface area contributed by atoms with E-state index >= 15 is 0 Å². The van der Waals surface area contributed by atoms with Crippen molar-refractivity contribution >= 4 is 39.1 Å². The Morgan fingerprint density at radius 1 is 1.07 bits per heavy atom. The Morgan fingerprint density at radius 2 is 1.85 bits per heavy atom. The highest BCUT2D eigenvalue weighted by molar-refractivity contribution is 7.18. The van der Waals surface area contributed by atoms with Crippen molar-refractivity contribution in [3.05, 3.63) is 59.1 Å². The molecule has 0 bridgehead atoms. The van der Waals surface area contributed by atoms with Crippen LogP contribution >= 0.6 is 11.3 Å². The Bertz CT molecular complexity index is 905. The molecule has 0 saturated heterocycles. The predicted molar refractivity (Wildman–Crippen MR) is 109 cm³/mol. The monoisotopic (exact) mass is 382 g/mol. The largest absolute Gasteiger partial charge is 0.351 e. The number of nitrogens with zero attached hydrogens (tertiary/aromatic N) is 1. The summed E-state index contributed by atoms with van der Waals surface area (Å²) in [6.07, 6.45) is 1.83. The third-order valence-electron chi connectivity index (χ3n) is 4.01. The topological polar surface area (TPSA) is 97.1 Å². The average molecular weight is 382 g/mol. The molecule has 0 saturated carbocycles. The highest BCUT2D eigenvalue weighted by atomic mass is 32.1. The number of carbonyl (C=O) groups is 2. The van der Waals surface area contributed by atoms with Crippen LogP contribution in [-0.2, 0) is 11.2 Å². The molecular formula is C20H22N4O2S. The zero-order valence-electron chi connectivity index (χ0n) is 14.9. The molecular weight excluding hydrogens is 360 g/mol. The fourth-order valence-corrected chi connectivity index (χ4v) is 3.72. The van der Waals surface area contributed by atoms with Crippen molar-refractivity contribution in [2.45, 2.75) is 19.3 Å². The van der Waals surface area contributed by atoms with E-state index in [-0.39, 0.29) is 11.8 Å². The number of amides is 2. The molecule has 1 aromatic heterocycles. The summed E-state index contributed by atoms with van der Waals surface area (Å²) in [7, 11) is 0. The first-order valence-electron chi connectivity index (χ1n) is 8.89. The number of hydrogen-bond acceptors (Lipinski definition) is 5. The van der Waals surface area contributed by atoms with Crippen molar-refractivity contribution in [3.63, 3.8) is 0 Å². The Balaban J connectivity index is 1.54. The lowest BCUT2D eigenvalue weighted by Crippen LogP contribution is -2.29. The maximum absolute atomic E-state index is 12.3. The van der Waals surface area contributed by atoms with Crippen molar-refractivity contribution in [3.8, 4) is 0 Å². The van der Waals surface area contributed by atoms with E-state index in [1.807, 2.05) is 18.2 Å². The molecule has 27 heavy (non-hydrogen) atoms. The van der Waals surface area contributed by atoms with Gasteiger partial charge >= 0.3 is 0 Å². The van der Waals surface area contributed by atoms with E-state index in [1.165, 1.54) is 0 Å². The minimum Gasteiger partial charge on any atom is -0.351 e. The third kappa shape index (κ3) is 5.12. The van der Waals surface area contributed by atoms with Crippen molar-refractivity contribution < 1.29 is 9.59 Å². The Hall–Kier alpha value is -2.77. The van der Waals surface area contributed by atoms with Crippen LogP contribution in [0.4, 0.5) is 5.69 Å². The van der Waals surface area contributed by atoms with E-state index in [2.05, 4.69) is 21.7 Å². The Morgan fingerprint density at radius 3 is 2.67 bits per heavy atom. The number of benzene rings is 2. The van der Waals surface area contributed by atoms with Crippen LogP contribution in [0.3, 0.4) is 0 Å². The lowest BCUT2D eigenvalue weighted by atomic mass is 10.1. The molecule has 7 heteroatoms. The van der Waals surface area contributed by atoms with E-state index in [0.29, 0.717) is 37.2 Å². The van der Waals surface area contributed by atoms with Crippen LogP contribution in [0.1, 0.15) is 28.2 Å². The van der Waals surface area contributed by atoms with Crippen molar-refractivity contribution in [1.29, 1.82) is 0 Å². The number of nitrogens with two attached hydrogens (primary N) is 1. The van der Waals surface area contributed by atoms with Crippen molar-refractivity contribution in [2.24, 2.45) is 5.73 Å². The average Bonchev–Trinajstić information content (AvgIpc) is 3.09. The number of anilines is 1. The van der Waals surface area contributed by atoms with E-state index < -0.39 is 0 Å². The van der Waals surface area contributed by atoms with Gasteiger partial charge in [0.05, 0.1) is 26.5 Å². The molecule has 0 unspecified atom stereocenters. The maximum Gasteiger partial charge on any atom is 0.253 e. The number of nitrogens with one attached hydrogen (secondary N) is 2. The second-order valence-electron chi connectivity index (χ2n) is 6.07. The Kier molecular flexibility index (Phi) is 6.51. The summed E-state index contributed by atoms with van der Waals surface area (Å²) < 4.78 is 1.16. The fraction of sp³-hybridized carbons (Fsp3) is 0.250. The molecule has 0 aliphatic rings. The number of hydrogen-bond donors (Lipinski definition) is 3. The molecule has 2 aromatic carbocycles. The molecule has 1 heterocycles. The van der Waals surface area contributed by atoms with E-state index in [1.54, 1.807) is 35.6 Å². The first-order valence-corrected chi connectivity index (χ1v) is 9.70. The summed E-state index contributed by atoms with van der Waals surface area (Å²) in [5.41, 5.74) is 7.36. The van der Waals surface area contributed by atoms with Gasteiger partial charge in [-0.3, -0.25) is 9.59 Å². The quantitative estimate of drug-likeness (QED) is 0.558. The van der Waals surface area contributed by atoms with Gasteiger partial charge in [-0.1, -0.05) is 24.3 Å². The summed E-state index contributed by atoms with van der Waals surface area (Å²) in [6, 6.07) is 15.0. The lowest BCUT2D eigenvalue weighted by Gasteiger charge is -2.11. The van der Waals surface area contributed by atoms with Crippen molar-refractivity contribution in [2.75, 3.05) is 18.4 Å². The number of rotatable bonds is 8. The summed E-state index contributed by atoms with van der Waals surface area (Å²) >= 11 is 1.66. The summed E-state index contributed by atoms with van der Waals surface area (Å²) in [5.74, 6) is -0.360.